The summed E-state index contributed by atoms with van der Waals surface area (Å²) in [6, 6.07) is 6.70. The largest absolute Gasteiger partial charge is 0.390 e. The molecule has 0 spiro atoms. The highest BCUT2D eigenvalue weighted by atomic mass is 16.3. The van der Waals surface area contributed by atoms with E-state index in [4.69, 9.17) is 0 Å². The number of piperidine rings is 2. The summed E-state index contributed by atoms with van der Waals surface area (Å²) < 4.78 is 0. The van der Waals surface area contributed by atoms with Crippen LogP contribution >= 0.6 is 0 Å². The maximum absolute atomic E-state index is 9.18. The number of pyridine rings is 1. The van der Waals surface area contributed by atoms with Gasteiger partial charge in [0.05, 0.1) is 12.3 Å². The lowest BCUT2D eigenvalue weighted by atomic mass is 10.00. The Balaban J connectivity index is 1.57. The van der Waals surface area contributed by atoms with Crippen molar-refractivity contribution in [2.24, 2.45) is 0 Å². The first-order valence-corrected chi connectivity index (χ1v) is 7.92. The lowest BCUT2D eigenvalue weighted by Gasteiger charge is -2.40. The monoisotopic (exact) mass is 275 g/mol. The van der Waals surface area contributed by atoms with Crippen molar-refractivity contribution in [3.05, 3.63) is 23.9 Å². The van der Waals surface area contributed by atoms with E-state index >= 15 is 0 Å². The molecule has 0 saturated carbocycles. The zero-order valence-corrected chi connectivity index (χ0v) is 12.2. The highest BCUT2D eigenvalue weighted by molar-refractivity contribution is 5.39. The average Bonchev–Trinajstić information content (AvgIpc) is 2.56. The van der Waals surface area contributed by atoms with Gasteiger partial charge in [-0.3, -0.25) is 0 Å². The van der Waals surface area contributed by atoms with Gasteiger partial charge in [0.15, 0.2) is 0 Å². The fourth-order valence-corrected chi connectivity index (χ4v) is 3.47. The van der Waals surface area contributed by atoms with Crippen LogP contribution in [-0.2, 0) is 6.61 Å². The molecule has 20 heavy (non-hydrogen) atoms. The summed E-state index contributed by atoms with van der Waals surface area (Å²) in [5.74, 6) is 1.02. The maximum atomic E-state index is 9.18. The second-order valence-electron chi connectivity index (χ2n) is 5.96. The van der Waals surface area contributed by atoms with Gasteiger partial charge in [-0.2, -0.15) is 0 Å². The van der Waals surface area contributed by atoms with Gasteiger partial charge in [0.1, 0.15) is 5.82 Å². The van der Waals surface area contributed by atoms with Crippen molar-refractivity contribution >= 4 is 5.82 Å². The van der Waals surface area contributed by atoms with Crippen molar-refractivity contribution in [2.45, 2.75) is 44.8 Å². The van der Waals surface area contributed by atoms with Crippen molar-refractivity contribution in [1.29, 1.82) is 0 Å². The van der Waals surface area contributed by atoms with E-state index in [1.807, 2.05) is 12.1 Å². The van der Waals surface area contributed by atoms with Crippen LogP contribution in [0, 0.1) is 0 Å². The fourth-order valence-electron chi connectivity index (χ4n) is 3.47. The molecular formula is C16H25N3O. The van der Waals surface area contributed by atoms with E-state index < -0.39 is 0 Å². The molecule has 2 aliphatic heterocycles. The summed E-state index contributed by atoms with van der Waals surface area (Å²) in [5.41, 5.74) is 0.764. The Labute approximate surface area is 121 Å². The van der Waals surface area contributed by atoms with Crippen LogP contribution in [0.15, 0.2) is 18.2 Å². The Kier molecular flexibility index (Phi) is 4.53. The average molecular weight is 275 g/mol. The summed E-state index contributed by atoms with van der Waals surface area (Å²) in [7, 11) is 0. The molecule has 1 aromatic rings. The van der Waals surface area contributed by atoms with E-state index in [0.29, 0.717) is 0 Å². The van der Waals surface area contributed by atoms with Crippen molar-refractivity contribution < 1.29 is 5.11 Å². The molecule has 2 fully saturated rings. The molecule has 3 heterocycles. The lowest BCUT2D eigenvalue weighted by molar-refractivity contribution is 0.141. The van der Waals surface area contributed by atoms with Gasteiger partial charge in [-0.1, -0.05) is 12.5 Å². The van der Waals surface area contributed by atoms with E-state index in [9.17, 15) is 5.11 Å². The molecule has 0 bridgehead atoms. The van der Waals surface area contributed by atoms with Gasteiger partial charge < -0.3 is 14.9 Å². The minimum absolute atomic E-state index is 0.0259. The van der Waals surface area contributed by atoms with Crippen LogP contribution in [0.2, 0.25) is 0 Å². The molecular weight excluding hydrogens is 250 g/mol. The molecule has 0 unspecified atom stereocenters. The van der Waals surface area contributed by atoms with Crippen LogP contribution in [0.4, 0.5) is 5.82 Å². The number of aliphatic hydroxyl groups is 1. The van der Waals surface area contributed by atoms with Crippen molar-refractivity contribution in [2.75, 3.05) is 31.1 Å². The standard InChI is InChI=1S/C16H25N3O/c20-13-14-5-4-6-16(17-14)19-11-7-15(8-12-19)18-9-2-1-3-10-18/h4-6,15,20H,1-3,7-13H2. The smallest absolute Gasteiger partial charge is 0.128 e. The molecule has 0 atom stereocenters. The van der Waals surface area contributed by atoms with Crippen LogP contribution in [0.25, 0.3) is 0 Å². The minimum atomic E-state index is 0.0259. The predicted octanol–water partition coefficient (Wildman–Crippen LogP) is 2.03. The van der Waals surface area contributed by atoms with E-state index in [1.54, 1.807) is 0 Å². The lowest BCUT2D eigenvalue weighted by Crippen LogP contribution is -2.46. The molecule has 0 aromatic carbocycles. The zero-order valence-electron chi connectivity index (χ0n) is 12.2. The Morgan fingerprint density at radius 2 is 1.80 bits per heavy atom. The molecule has 2 saturated heterocycles. The first-order valence-electron chi connectivity index (χ1n) is 7.92. The van der Waals surface area contributed by atoms with Gasteiger partial charge in [0.2, 0.25) is 0 Å². The topological polar surface area (TPSA) is 39.6 Å². The molecule has 3 rings (SSSR count). The van der Waals surface area contributed by atoms with E-state index in [0.717, 1.165) is 30.6 Å². The number of anilines is 1. The molecule has 2 aliphatic rings. The van der Waals surface area contributed by atoms with Gasteiger partial charge in [0, 0.05) is 19.1 Å². The second kappa shape index (κ2) is 6.55. The molecule has 110 valence electrons. The van der Waals surface area contributed by atoms with Crippen molar-refractivity contribution in [3.8, 4) is 0 Å². The summed E-state index contributed by atoms with van der Waals surface area (Å²) in [5, 5.41) is 9.18. The number of aromatic nitrogens is 1. The van der Waals surface area contributed by atoms with E-state index in [-0.39, 0.29) is 6.61 Å². The van der Waals surface area contributed by atoms with Gasteiger partial charge in [-0.05, 0) is 50.9 Å². The molecule has 1 aromatic heterocycles. The Hall–Kier alpha value is -1.13. The first-order chi connectivity index (χ1) is 9.86. The number of rotatable bonds is 3. The quantitative estimate of drug-likeness (QED) is 0.916. The van der Waals surface area contributed by atoms with Crippen LogP contribution in [0.3, 0.4) is 0 Å². The third-order valence-corrected chi connectivity index (χ3v) is 4.65. The predicted molar refractivity (Wildman–Crippen MR) is 80.8 cm³/mol. The number of nitrogens with zero attached hydrogens (tertiary/aromatic N) is 3. The second-order valence-corrected chi connectivity index (χ2v) is 5.96. The van der Waals surface area contributed by atoms with Gasteiger partial charge in [0.25, 0.3) is 0 Å². The highest BCUT2D eigenvalue weighted by Gasteiger charge is 2.25. The van der Waals surface area contributed by atoms with E-state index in [2.05, 4.69) is 20.9 Å². The van der Waals surface area contributed by atoms with Crippen molar-refractivity contribution in [3.63, 3.8) is 0 Å². The molecule has 4 nitrogen and oxygen atoms in total. The van der Waals surface area contributed by atoms with Gasteiger partial charge >= 0.3 is 0 Å². The van der Waals surface area contributed by atoms with Gasteiger partial charge in [-0.25, -0.2) is 4.98 Å². The fraction of sp³-hybridized carbons (Fsp3) is 0.688. The summed E-state index contributed by atoms with van der Waals surface area (Å²) >= 11 is 0. The van der Waals surface area contributed by atoms with Crippen LogP contribution in [-0.4, -0.2) is 47.2 Å². The third kappa shape index (κ3) is 3.13. The molecule has 0 radical (unpaired) electrons. The van der Waals surface area contributed by atoms with Crippen LogP contribution in [0.1, 0.15) is 37.8 Å². The van der Waals surface area contributed by atoms with Gasteiger partial charge in [-0.15, -0.1) is 0 Å². The molecule has 1 N–H and O–H groups in total. The third-order valence-electron chi connectivity index (χ3n) is 4.65. The summed E-state index contributed by atoms with van der Waals surface area (Å²) in [6.45, 7) is 4.79. The Morgan fingerprint density at radius 3 is 2.50 bits per heavy atom. The number of hydrogen-bond donors (Lipinski definition) is 1. The molecule has 4 heteroatoms. The number of aliphatic hydroxyl groups excluding tert-OH is 1. The molecule has 0 amide bonds. The van der Waals surface area contributed by atoms with E-state index in [1.165, 1.54) is 45.2 Å². The Bertz CT molecular complexity index is 423. The van der Waals surface area contributed by atoms with Crippen LogP contribution < -0.4 is 4.90 Å². The highest BCUT2D eigenvalue weighted by Crippen LogP contribution is 2.23. The minimum Gasteiger partial charge on any atom is -0.390 e. The normalized spacial score (nSPS) is 22.1. The first kappa shape index (κ1) is 13.8. The maximum Gasteiger partial charge on any atom is 0.128 e. The summed E-state index contributed by atoms with van der Waals surface area (Å²) in [4.78, 5) is 9.57. The van der Waals surface area contributed by atoms with Crippen molar-refractivity contribution in [1.82, 2.24) is 9.88 Å². The summed E-state index contributed by atoms with van der Waals surface area (Å²) in [6.07, 6.45) is 6.64. The number of likely N-dealkylation sites (tertiary alicyclic amines) is 1. The molecule has 0 aliphatic carbocycles. The Morgan fingerprint density at radius 1 is 1.05 bits per heavy atom. The number of hydrogen-bond acceptors (Lipinski definition) is 4. The SMILES string of the molecule is OCc1cccc(N2CCC(N3CCCCC3)CC2)n1. The zero-order chi connectivity index (χ0) is 13.8. The van der Waals surface area contributed by atoms with Crippen LogP contribution in [0.5, 0.6) is 0 Å².